The number of hydrogen-bond acceptors (Lipinski definition) is 1. The summed E-state index contributed by atoms with van der Waals surface area (Å²) < 4.78 is 3.31. The maximum Gasteiger partial charge on any atom is 0.177 e. The zero-order valence-electron chi connectivity index (χ0n) is 9.54. The fourth-order valence-corrected chi connectivity index (χ4v) is 3.28. The normalized spacial score (nSPS) is 18.7. The van der Waals surface area contributed by atoms with Crippen LogP contribution in [0.5, 0.6) is 0 Å². The van der Waals surface area contributed by atoms with Gasteiger partial charge in [-0.15, -0.1) is 0 Å². The Hall–Kier alpha value is -0.310. The van der Waals surface area contributed by atoms with Gasteiger partial charge in [0.15, 0.2) is 4.73 Å². The van der Waals surface area contributed by atoms with Crippen molar-refractivity contribution in [1.29, 1.82) is 0 Å². The van der Waals surface area contributed by atoms with Gasteiger partial charge in [-0.05, 0) is 42.6 Å². The molecule has 0 bridgehead atoms. The third-order valence-corrected chi connectivity index (χ3v) is 3.91. The molecular formula is C12H19BrN2. The molecule has 0 radical (unpaired) electrons. The molecule has 1 aromatic rings. The molecule has 1 heterocycles. The van der Waals surface area contributed by atoms with E-state index in [1.165, 1.54) is 37.8 Å². The molecule has 3 heteroatoms. The van der Waals surface area contributed by atoms with Crippen LogP contribution >= 0.6 is 15.9 Å². The van der Waals surface area contributed by atoms with E-state index in [0.717, 1.165) is 10.7 Å². The Bertz CT molecular complexity index is 324. The molecule has 1 aliphatic rings. The highest BCUT2D eigenvalue weighted by atomic mass is 79.9. The summed E-state index contributed by atoms with van der Waals surface area (Å²) in [5.74, 6) is 0.736. The van der Waals surface area contributed by atoms with Gasteiger partial charge in [0.05, 0.1) is 0 Å². The quantitative estimate of drug-likeness (QED) is 0.785. The molecule has 1 fully saturated rings. The highest BCUT2D eigenvalue weighted by Gasteiger charge is 2.21. The Morgan fingerprint density at radius 1 is 1.33 bits per heavy atom. The molecule has 0 N–H and O–H groups in total. The van der Waals surface area contributed by atoms with Gasteiger partial charge in [0.2, 0.25) is 0 Å². The SMILES string of the molecule is CC(C)n1c(C2CCCCC2)cnc1Br. The topological polar surface area (TPSA) is 17.8 Å². The summed E-state index contributed by atoms with van der Waals surface area (Å²) in [6.45, 7) is 4.44. The van der Waals surface area contributed by atoms with Crippen molar-refractivity contribution in [2.45, 2.75) is 57.9 Å². The standard InChI is InChI=1S/C12H19BrN2/c1-9(2)15-11(8-14-12(15)13)10-6-4-3-5-7-10/h8-10H,3-7H2,1-2H3. The number of hydrogen-bond donors (Lipinski definition) is 0. The lowest BCUT2D eigenvalue weighted by Gasteiger charge is -2.24. The van der Waals surface area contributed by atoms with Crippen molar-refractivity contribution in [3.63, 3.8) is 0 Å². The zero-order valence-corrected chi connectivity index (χ0v) is 11.1. The first-order valence-electron chi connectivity index (χ1n) is 5.92. The van der Waals surface area contributed by atoms with E-state index < -0.39 is 0 Å². The molecule has 0 saturated heterocycles. The molecule has 1 aliphatic carbocycles. The van der Waals surface area contributed by atoms with Gasteiger partial charge in [0.1, 0.15) is 0 Å². The first-order valence-corrected chi connectivity index (χ1v) is 6.72. The summed E-state index contributed by atoms with van der Waals surface area (Å²) in [4.78, 5) is 4.39. The summed E-state index contributed by atoms with van der Waals surface area (Å²) in [6.07, 6.45) is 8.90. The number of aromatic nitrogens is 2. The van der Waals surface area contributed by atoms with Crippen molar-refractivity contribution < 1.29 is 0 Å². The Kier molecular flexibility index (Phi) is 3.49. The lowest BCUT2D eigenvalue weighted by Crippen LogP contribution is -2.12. The van der Waals surface area contributed by atoms with E-state index in [-0.39, 0.29) is 0 Å². The number of halogens is 1. The highest BCUT2D eigenvalue weighted by molar-refractivity contribution is 9.10. The van der Waals surface area contributed by atoms with E-state index >= 15 is 0 Å². The van der Waals surface area contributed by atoms with Gasteiger partial charge in [0, 0.05) is 23.9 Å². The first-order chi connectivity index (χ1) is 7.20. The van der Waals surface area contributed by atoms with Crippen molar-refractivity contribution in [3.05, 3.63) is 16.6 Å². The second kappa shape index (κ2) is 4.69. The van der Waals surface area contributed by atoms with Crippen molar-refractivity contribution in [1.82, 2.24) is 9.55 Å². The van der Waals surface area contributed by atoms with Crippen molar-refractivity contribution in [3.8, 4) is 0 Å². The lowest BCUT2D eigenvalue weighted by atomic mass is 9.87. The molecule has 0 aromatic carbocycles. The van der Waals surface area contributed by atoms with Crippen LogP contribution in [0.25, 0.3) is 0 Å². The molecule has 0 atom stereocenters. The minimum Gasteiger partial charge on any atom is -0.320 e. The van der Waals surface area contributed by atoms with Crippen molar-refractivity contribution in [2.24, 2.45) is 0 Å². The maximum absolute atomic E-state index is 4.39. The van der Waals surface area contributed by atoms with Crippen LogP contribution < -0.4 is 0 Å². The van der Waals surface area contributed by atoms with Crippen LogP contribution in [0.4, 0.5) is 0 Å². The summed E-state index contributed by atoms with van der Waals surface area (Å²) in [5, 5.41) is 0. The molecule has 15 heavy (non-hydrogen) atoms. The number of imidazole rings is 1. The summed E-state index contributed by atoms with van der Waals surface area (Å²) >= 11 is 3.54. The first kappa shape index (κ1) is 11.2. The predicted octanol–water partition coefficient (Wildman–Crippen LogP) is 4.27. The van der Waals surface area contributed by atoms with Gasteiger partial charge in [-0.1, -0.05) is 19.3 Å². The smallest absolute Gasteiger partial charge is 0.177 e. The lowest BCUT2D eigenvalue weighted by molar-refractivity contribution is 0.413. The minimum atomic E-state index is 0.499. The largest absolute Gasteiger partial charge is 0.320 e. The Balaban J connectivity index is 2.26. The Morgan fingerprint density at radius 2 is 2.00 bits per heavy atom. The van der Waals surface area contributed by atoms with E-state index in [2.05, 4.69) is 45.5 Å². The average Bonchev–Trinajstić information content (AvgIpc) is 2.61. The van der Waals surface area contributed by atoms with E-state index in [4.69, 9.17) is 0 Å². The molecular weight excluding hydrogens is 252 g/mol. The zero-order chi connectivity index (χ0) is 10.8. The van der Waals surface area contributed by atoms with Crippen LogP contribution in [0, 0.1) is 0 Å². The van der Waals surface area contributed by atoms with Gasteiger partial charge >= 0.3 is 0 Å². The third kappa shape index (κ3) is 2.27. The Morgan fingerprint density at radius 3 is 2.60 bits per heavy atom. The van der Waals surface area contributed by atoms with Gasteiger partial charge in [-0.25, -0.2) is 4.98 Å². The van der Waals surface area contributed by atoms with E-state index in [1.807, 2.05) is 0 Å². The van der Waals surface area contributed by atoms with Crippen molar-refractivity contribution in [2.75, 3.05) is 0 Å². The fourth-order valence-electron chi connectivity index (χ4n) is 2.56. The van der Waals surface area contributed by atoms with Crippen LogP contribution in [0.15, 0.2) is 10.9 Å². The minimum absolute atomic E-state index is 0.499. The van der Waals surface area contributed by atoms with Crippen LogP contribution in [0.2, 0.25) is 0 Å². The second-order valence-electron chi connectivity index (χ2n) is 4.75. The Labute approximate surface area is 100 Å². The summed E-state index contributed by atoms with van der Waals surface area (Å²) in [5.41, 5.74) is 1.43. The maximum atomic E-state index is 4.39. The molecule has 84 valence electrons. The van der Waals surface area contributed by atoms with Gasteiger partial charge in [-0.2, -0.15) is 0 Å². The predicted molar refractivity (Wildman–Crippen MR) is 66.1 cm³/mol. The molecule has 2 rings (SSSR count). The third-order valence-electron chi connectivity index (χ3n) is 3.32. The van der Waals surface area contributed by atoms with Crippen LogP contribution in [-0.2, 0) is 0 Å². The van der Waals surface area contributed by atoms with Crippen LogP contribution in [0.3, 0.4) is 0 Å². The van der Waals surface area contributed by atoms with E-state index in [1.54, 1.807) is 0 Å². The molecule has 0 aliphatic heterocycles. The van der Waals surface area contributed by atoms with Gasteiger partial charge < -0.3 is 4.57 Å². The average molecular weight is 271 g/mol. The van der Waals surface area contributed by atoms with Crippen LogP contribution in [-0.4, -0.2) is 9.55 Å². The number of nitrogens with zero attached hydrogens (tertiary/aromatic N) is 2. The highest BCUT2D eigenvalue weighted by Crippen LogP contribution is 2.35. The summed E-state index contributed by atoms with van der Waals surface area (Å²) in [7, 11) is 0. The number of rotatable bonds is 2. The van der Waals surface area contributed by atoms with Gasteiger partial charge in [0.25, 0.3) is 0 Å². The molecule has 1 aromatic heterocycles. The summed E-state index contributed by atoms with van der Waals surface area (Å²) in [6, 6.07) is 0.499. The fraction of sp³-hybridized carbons (Fsp3) is 0.750. The van der Waals surface area contributed by atoms with E-state index in [9.17, 15) is 0 Å². The van der Waals surface area contributed by atoms with Crippen LogP contribution in [0.1, 0.15) is 63.6 Å². The molecule has 0 spiro atoms. The van der Waals surface area contributed by atoms with Crippen molar-refractivity contribution >= 4 is 15.9 Å². The molecule has 0 unspecified atom stereocenters. The van der Waals surface area contributed by atoms with Gasteiger partial charge in [-0.3, -0.25) is 0 Å². The van der Waals surface area contributed by atoms with E-state index in [0.29, 0.717) is 6.04 Å². The second-order valence-corrected chi connectivity index (χ2v) is 5.46. The molecule has 0 amide bonds. The molecule has 2 nitrogen and oxygen atoms in total. The monoisotopic (exact) mass is 270 g/mol. The molecule has 1 saturated carbocycles.